The molecule has 0 unspecified atom stereocenters. The van der Waals surface area contributed by atoms with Crippen LogP contribution in [0.1, 0.15) is 11.1 Å². The molecule has 0 saturated heterocycles. The number of hydrogen-bond donors (Lipinski definition) is 0. The van der Waals surface area contributed by atoms with E-state index in [1.165, 1.54) is 12.1 Å². The van der Waals surface area contributed by atoms with Gasteiger partial charge in [0.05, 0.1) is 10.6 Å². The van der Waals surface area contributed by atoms with Gasteiger partial charge in [-0.25, -0.2) is 0 Å². The summed E-state index contributed by atoms with van der Waals surface area (Å²) in [6, 6.07) is 21.1. The Morgan fingerprint density at radius 2 is 1.81 bits per heavy atom. The lowest BCUT2D eigenvalue weighted by Gasteiger charge is -2.06. The number of nitro benzene ring substituents is 1. The minimum atomic E-state index is -0.439. The second kappa shape index (κ2) is 8.27. The van der Waals surface area contributed by atoms with Crippen molar-refractivity contribution >= 4 is 29.2 Å². The topological polar surface area (TPSA) is 64.7 Å². The highest BCUT2D eigenvalue weighted by atomic mass is 35.5. The smallest absolute Gasteiger partial charge is 0.271 e. The number of rotatable bonds is 6. The lowest BCUT2D eigenvalue weighted by atomic mass is 10.2. The van der Waals surface area contributed by atoms with Crippen molar-refractivity contribution in [2.75, 3.05) is 0 Å². The maximum atomic E-state index is 10.8. The number of aliphatic imine (C=N–C) groups is 1. The normalized spacial score (nSPS) is 10.8. The summed E-state index contributed by atoms with van der Waals surface area (Å²) in [6.07, 6.45) is 1.65. The molecule has 0 aromatic heterocycles. The van der Waals surface area contributed by atoms with Gasteiger partial charge < -0.3 is 4.74 Å². The molecule has 3 aromatic rings. The van der Waals surface area contributed by atoms with Crippen LogP contribution in [0.5, 0.6) is 5.75 Å². The molecule has 26 heavy (non-hydrogen) atoms. The van der Waals surface area contributed by atoms with E-state index in [-0.39, 0.29) is 5.69 Å². The highest BCUT2D eigenvalue weighted by Gasteiger charge is 2.04. The van der Waals surface area contributed by atoms with Crippen LogP contribution >= 0.6 is 11.6 Å². The average Bonchev–Trinajstić information content (AvgIpc) is 2.66. The van der Waals surface area contributed by atoms with Crippen molar-refractivity contribution in [1.29, 1.82) is 0 Å². The molecular formula is C20H15ClN2O3. The summed E-state index contributed by atoms with van der Waals surface area (Å²) < 4.78 is 5.73. The van der Waals surface area contributed by atoms with E-state index in [0.29, 0.717) is 17.3 Å². The van der Waals surface area contributed by atoms with Crippen LogP contribution in [-0.2, 0) is 6.61 Å². The van der Waals surface area contributed by atoms with Gasteiger partial charge in [-0.15, -0.1) is 0 Å². The minimum Gasteiger partial charge on any atom is -0.489 e. The summed E-state index contributed by atoms with van der Waals surface area (Å²) in [5.41, 5.74) is 2.41. The number of ether oxygens (including phenoxy) is 1. The summed E-state index contributed by atoms with van der Waals surface area (Å²) in [5, 5.41) is 11.5. The van der Waals surface area contributed by atoms with Crippen molar-refractivity contribution in [2.45, 2.75) is 6.61 Å². The largest absolute Gasteiger partial charge is 0.489 e. The second-order valence-electron chi connectivity index (χ2n) is 5.52. The molecule has 0 aliphatic heterocycles. The van der Waals surface area contributed by atoms with Crippen LogP contribution in [-0.4, -0.2) is 11.1 Å². The molecule has 0 saturated carbocycles. The van der Waals surface area contributed by atoms with Crippen LogP contribution in [0.15, 0.2) is 77.8 Å². The molecule has 0 heterocycles. The van der Waals surface area contributed by atoms with E-state index in [9.17, 15) is 10.1 Å². The SMILES string of the molecule is O=[N+]([O-])c1cccc(N=Cc2ccc(OCc3cccc(Cl)c3)cc2)c1. The maximum absolute atomic E-state index is 10.8. The second-order valence-corrected chi connectivity index (χ2v) is 5.96. The van der Waals surface area contributed by atoms with E-state index in [0.717, 1.165) is 16.9 Å². The maximum Gasteiger partial charge on any atom is 0.271 e. The molecule has 0 atom stereocenters. The Morgan fingerprint density at radius 3 is 2.54 bits per heavy atom. The van der Waals surface area contributed by atoms with E-state index >= 15 is 0 Å². The third kappa shape index (κ3) is 4.91. The first kappa shape index (κ1) is 17.6. The molecular weight excluding hydrogens is 352 g/mol. The Balaban J connectivity index is 1.62. The third-order valence-corrected chi connectivity index (χ3v) is 3.81. The molecule has 0 spiro atoms. The quantitative estimate of drug-likeness (QED) is 0.325. The van der Waals surface area contributed by atoms with E-state index in [1.807, 2.05) is 48.5 Å². The van der Waals surface area contributed by atoms with E-state index in [1.54, 1.807) is 18.3 Å². The fraction of sp³-hybridized carbons (Fsp3) is 0.0500. The fourth-order valence-electron chi connectivity index (χ4n) is 2.28. The van der Waals surface area contributed by atoms with E-state index < -0.39 is 4.92 Å². The lowest BCUT2D eigenvalue weighted by Crippen LogP contribution is -1.95. The van der Waals surface area contributed by atoms with E-state index in [4.69, 9.17) is 16.3 Å². The zero-order valence-corrected chi connectivity index (χ0v) is 14.5. The van der Waals surface area contributed by atoms with Gasteiger partial charge in [-0.05, 0) is 53.6 Å². The van der Waals surface area contributed by atoms with Crippen LogP contribution in [0.3, 0.4) is 0 Å². The van der Waals surface area contributed by atoms with Gasteiger partial charge in [0, 0.05) is 23.4 Å². The number of non-ortho nitro benzene ring substituents is 1. The molecule has 0 fully saturated rings. The van der Waals surface area contributed by atoms with Gasteiger partial charge in [0.1, 0.15) is 12.4 Å². The van der Waals surface area contributed by atoms with Gasteiger partial charge in [0.25, 0.3) is 5.69 Å². The van der Waals surface area contributed by atoms with Crippen LogP contribution in [0.25, 0.3) is 0 Å². The molecule has 6 heteroatoms. The van der Waals surface area contributed by atoms with E-state index in [2.05, 4.69) is 4.99 Å². The molecule has 3 rings (SSSR count). The summed E-state index contributed by atoms with van der Waals surface area (Å²) in [7, 11) is 0. The molecule has 0 N–H and O–H groups in total. The first-order chi connectivity index (χ1) is 12.6. The number of nitrogens with zero attached hydrogens (tertiary/aromatic N) is 2. The average molecular weight is 367 g/mol. The highest BCUT2D eigenvalue weighted by Crippen LogP contribution is 2.20. The third-order valence-electron chi connectivity index (χ3n) is 3.58. The van der Waals surface area contributed by atoms with Crippen molar-refractivity contribution in [1.82, 2.24) is 0 Å². The summed E-state index contributed by atoms with van der Waals surface area (Å²) in [6.45, 7) is 0.432. The van der Waals surface area contributed by atoms with Gasteiger partial charge in [-0.3, -0.25) is 15.1 Å². The van der Waals surface area contributed by atoms with Gasteiger partial charge in [0.2, 0.25) is 0 Å². The number of hydrogen-bond acceptors (Lipinski definition) is 4. The standard InChI is InChI=1S/C20H15ClN2O3/c21-17-4-1-3-16(11-17)14-26-20-9-7-15(8-10-20)13-22-18-5-2-6-19(12-18)23(24)25/h1-13H,14H2. The summed E-state index contributed by atoms with van der Waals surface area (Å²) in [5.74, 6) is 0.734. The first-order valence-corrected chi connectivity index (χ1v) is 8.24. The Morgan fingerprint density at radius 1 is 1.04 bits per heavy atom. The molecule has 130 valence electrons. The van der Waals surface area contributed by atoms with Gasteiger partial charge >= 0.3 is 0 Å². The molecule has 0 aliphatic rings. The molecule has 3 aromatic carbocycles. The summed E-state index contributed by atoms with van der Waals surface area (Å²) in [4.78, 5) is 14.6. The van der Waals surface area contributed by atoms with Gasteiger partial charge in [-0.2, -0.15) is 0 Å². The monoisotopic (exact) mass is 366 g/mol. The summed E-state index contributed by atoms with van der Waals surface area (Å²) >= 11 is 5.95. The molecule has 0 aliphatic carbocycles. The number of halogens is 1. The lowest BCUT2D eigenvalue weighted by molar-refractivity contribution is -0.384. The van der Waals surface area contributed by atoms with Crippen LogP contribution < -0.4 is 4.74 Å². The zero-order valence-electron chi connectivity index (χ0n) is 13.7. The Kier molecular flexibility index (Phi) is 5.61. The van der Waals surface area contributed by atoms with Crippen LogP contribution in [0.4, 0.5) is 11.4 Å². The predicted octanol–water partition coefficient (Wildman–Crippen LogP) is 5.58. The fourth-order valence-corrected chi connectivity index (χ4v) is 2.49. The van der Waals surface area contributed by atoms with Crippen molar-refractivity contribution in [3.63, 3.8) is 0 Å². The number of nitro groups is 1. The Bertz CT molecular complexity index is 940. The van der Waals surface area contributed by atoms with Crippen molar-refractivity contribution in [3.05, 3.63) is 99.1 Å². The highest BCUT2D eigenvalue weighted by molar-refractivity contribution is 6.30. The van der Waals surface area contributed by atoms with Crippen LogP contribution in [0.2, 0.25) is 5.02 Å². The molecule has 0 radical (unpaired) electrons. The molecule has 5 nitrogen and oxygen atoms in total. The molecule has 0 amide bonds. The zero-order chi connectivity index (χ0) is 18.4. The van der Waals surface area contributed by atoms with Crippen molar-refractivity contribution in [3.8, 4) is 5.75 Å². The van der Waals surface area contributed by atoms with Crippen LogP contribution in [0, 0.1) is 10.1 Å². The number of benzene rings is 3. The molecule has 0 bridgehead atoms. The Labute approximate surface area is 155 Å². The van der Waals surface area contributed by atoms with Crippen molar-refractivity contribution in [2.24, 2.45) is 4.99 Å². The Hall–Kier alpha value is -3.18. The predicted molar refractivity (Wildman–Crippen MR) is 103 cm³/mol. The minimum absolute atomic E-state index is 0.0180. The van der Waals surface area contributed by atoms with Crippen molar-refractivity contribution < 1.29 is 9.66 Å². The van der Waals surface area contributed by atoms with Gasteiger partial charge in [-0.1, -0.05) is 29.8 Å². The first-order valence-electron chi connectivity index (χ1n) is 7.86. The van der Waals surface area contributed by atoms with Gasteiger partial charge in [0.15, 0.2) is 0 Å².